The molecular weight excluding hydrogens is 148 g/mol. The van der Waals surface area contributed by atoms with Crippen molar-refractivity contribution in [1.29, 1.82) is 0 Å². The molecule has 1 rings (SSSR count). The molecule has 11 heavy (non-hydrogen) atoms. The fourth-order valence-corrected chi connectivity index (χ4v) is 0.814. The molecule has 0 bridgehead atoms. The van der Waals surface area contributed by atoms with Gasteiger partial charge in [0.25, 0.3) is 0 Å². The standard InChI is InChI=1S/C7H8O4/c1-5-3-2-4-6(10-8)7(5)11-9/h2-4,8-9H,1H3. The van der Waals surface area contributed by atoms with Gasteiger partial charge in [-0.2, -0.15) is 0 Å². The second-order valence-electron chi connectivity index (χ2n) is 2.08. The molecule has 60 valence electrons. The first-order chi connectivity index (χ1) is 5.29. The van der Waals surface area contributed by atoms with Crippen LogP contribution in [0.1, 0.15) is 5.56 Å². The summed E-state index contributed by atoms with van der Waals surface area (Å²) in [7, 11) is 0. The number of aryl methyl sites for hydroxylation is 1. The van der Waals surface area contributed by atoms with Gasteiger partial charge in [0.15, 0.2) is 0 Å². The summed E-state index contributed by atoms with van der Waals surface area (Å²) in [6.07, 6.45) is 0. The van der Waals surface area contributed by atoms with Crippen LogP contribution >= 0.6 is 0 Å². The van der Waals surface area contributed by atoms with Gasteiger partial charge in [-0.05, 0) is 18.6 Å². The van der Waals surface area contributed by atoms with Crippen molar-refractivity contribution in [3.8, 4) is 11.5 Å². The van der Waals surface area contributed by atoms with Crippen LogP contribution in [0, 0.1) is 6.92 Å². The molecule has 0 spiro atoms. The Bertz CT molecular complexity index is 246. The minimum Gasteiger partial charge on any atom is -0.336 e. The van der Waals surface area contributed by atoms with Gasteiger partial charge in [0, 0.05) is 0 Å². The summed E-state index contributed by atoms with van der Waals surface area (Å²) in [5.74, 6) is 0.211. The van der Waals surface area contributed by atoms with Gasteiger partial charge >= 0.3 is 0 Å². The molecule has 4 nitrogen and oxygen atoms in total. The van der Waals surface area contributed by atoms with Crippen molar-refractivity contribution in [1.82, 2.24) is 0 Å². The first-order valence-corrected chi connectivity index (χ1v) is 3.02. The SMILES string of the molecule is Cc1cccc(OO)c1OO. The maximum atomic E-state index is 8.34. The number of para-hydroxylation sites is 1. The number of rotatable bonds is 2. The molecule has 0 saturated heterocycles. The Labute approximate surface area is 63.5 Å². The lowest BCUT2D eigenvalue weighted by Crippen LogP contribution is -1.92. The number of hydrogen-bond donors (Lipinski definition) is 2. The summed E-state index contributed by atoms with van der Waals surface area (Å²) in [5.41, 5.74) is 0.680. The van der Waals surface area contributed by atoms with E-state index in [9.17, 15) is 0 Å². The molecule has 0 aliphatic rings. The van der Waals surface area contributed by atoms with E-state index in [4.69, 9.17) is 10.5 Å². The lowest BCUT2D eigenvalue weighted by Gasteiger charge is -2.04. The van der Waals surface area contributed by atoms with Crippen molar-refractivity contribution in [2.75, 3.05) is 0 Å². The van der Waals surface area contributed by atoms with Crippen LogP contribution in [-0.2, 0) is 0 Å². The van der Waals surface area contributed by atoms with Gasteiger partial charge in [0.05, 0.1) is 0 Å². The van der Waals surface area contributed by atoms with E-state index in [1.165, 1.54) is 6.07 Å². The van der Waals surface area contributed by atoms with Gasteiger partial charge in [-0.3, -0.25) is 0 Å². The molecule has 0 amide bonds. The number of hydrogen-bond acceptors (Lipinski definition) is 4. The van der Waals surface area contributed by atoms with Gasteiger partial charge in [-0.15, -0.1) is 0 Å². The van der Waals surface area contributed by atoms with Crippen LogP contribution in [0.4, 0.5) is 0 Å². The monoisotopic (exact) mass is 156 g/mol. The Morgan fingerprint density at radius 2 is 1.91 bits per heavy atom. The van der Waals surface area contributed by atoms with Gasteiger partial charge in [-0.25, -0.2) is 10.5 Å². The highest BCUT2D eigenvalue weighted by Gasteiger charge is 2.07. The topological polar surface area (TPSA) is 58.9 Å². The van der Waals surface area contributed by atoms with Crippen LogP contribution in [0.2, 0.25) is 0 Å². The molecule has 0 fully saturated rings. The molecule has 0 aromatic heterocycles. The van der Waals surface area contributed by atoms with E-state index in [-0.39, 0.29) is 11.5 Å². The maximum absolute atomic E-state index is 8.34. The fourth-order valence-electron chi connectivity index (χ4n) is 0.814. The molecule has 2 N–H and O–H groups in total. The van der Waals surface area contributed by atoms with E-state index >= 15 is 0 Å². The molecule has 1 aromatic rings. The lowest BCUT2D eigenvalue weighted by atomic mass is 10.2. The van der Waals surface area contributed by atoms with Gasteiger partial charge in [0.2, 0.25) is 11.5 Å². The molecular formula is C7H8O4. The highest BCUT2D eigenvalue weighted by Crippen LogP contribution is 2.29. The highest BCUT2D eigenvalue weighted by molar-refractivity contribution is 5.44. The minimum absolute atomic E-state index is 0.0903. The smallest absolute Gasteiger partial charge is 0.213 e. The summed E-state index contributed by atoms with van der Waals surface area (Å²) < 4.78 is 0. The van der Waals surface area contributed by atoms with E-state index in [1.807, 2.05) is 0 Å². The third kappa shape index (κ3) is 1.42. The molecule has 0 aliphatic carbocycles. The fraction of sp³-hybridized carbons (Fsp3) is 0.143. The largest absolute Gasteiger partial charge is 0.336 e. The first kappa shape index (κ1) is 7.84. The normalized spacial score (nSPS) is 9.36. The van der Waals surface area contributed by atoms with Crippen LogP contribution < -0.4 is 9.78 Å². The predicted molar refractivity (Wildman–Crippen MR) is 37.7 cm³/mol. The molecule has 0 heterocycles. The average Bonchev–Trinajstić information content (AvgIpc) is 2.04. The summed E-state index contributed by atoms with van der Waals surface area (Å²) in [4.78, 5) is 7.91. The quantitative estimate of drug-likeness (QED) is 0.505. The van der Waals surface area contributed by atoms with Crippen LogP contribution in [0.3, 0.4) is 0 Å². The molecule has 0 aliphatic heterocycles. The summed E-state index contributed by atoms with van der Waals surface area (Å²) in [6, 6.07) is 4.86. The van der Waals surface area contributed by atoms with E-state index < -0.39 is 0 Å². The summed E-state index contributed by atoms with van der Waals surface area (Å²) in [6.45, 7) is 1.72. The van der Waals surface area contributed by atoms with Crippen LogP contribution in [0.5, 0.6) is 11.5 Å². The molecule has 0 saturated carbocycles. The Kier molecular flexibility index (Phi) is 2.30. The van der Waals surface area contributed by atoms with E-state index in [2.05, 4.69) is 9.78 Å². The van der Waals surface area contributed by atoms with Crippen LogP contribution in [-0.4, -0.2) is 10.5 Å². The summed E-state index contributed by atoms with van der Waals surface area (Å²) in [5, 5.41) is 16.6. The minimum atomic E-state index is 0.0903. The zero-order valence-electron chi connectivity index (χ0n) is 5.94. The van der Waals surface area contributed by atoms with E-state index in [1.54, 1.807) is 19.1 Å². The summed E-state index contributed by atoms with van der Waals surface area (Å²) >= 11 is 0. The lowest BCUT2D eigenvalue weighted by molar-refractivity contribution is -0.164. The third-order valence-corrected chi connectivity index (χ3v) is 1.37. The molecule has 0 atom stereocenters. The maximum Gasteiger partial charge on any atom is 0.213 e. The predicted octanol–water partition coefficient (Wildman–Crippen LogP) is 1.70. The Balaban J connectivity index is 3.13. The van der Waals surface area contributed by atoms with Crippen molar-refractivity contribution < 1.29 is 20.3 Å². The Morgan fingerprint density at radius 1 is 1.18 bits per heavy atom. The highest BCUT2D eigenvalue weighted by atomic mass is 17.1. The molecule has 1 aromatic carbocycles. The van der Waals surface area contributed by atoms with Crippen LogP contribution in [0.25, 0.3) is 0 Å². The Morgan fingerprint density at radius 3 is 2.36 bits per heavy atom. The molecule has 0 unspecified atom stereocenters. The van der Waals surface area contributed by atoms with Gasteiger partial charge in [0.1, 0.15) is 0 Å². The van der Waals surface area contributed by atoms with Gasteiger partial charge in [-0.1, -0.05) is 12.1 Å². The second-order valence-corrected chi connectivity index (χ2v) is 2.08. The zero-order valence-corrected chi connectivity index (χ0v) is 5.94. The Hall–Kier alpha value is -1.26. The van der Waals surface area contributed by atoms with E-state index in [0.29, 0.717) is 5.56 Å². The van der Waals surface area contributed by atoms with Crippen molar-refractivity contribution >= 4 is 0 Å². The zero-order chi connectivity index (χ0) is 8.27. The first-order valence-electron chi connectivity index (χ1n) is 3.02. The average molecular weight is 156 g/mol. The van der Waals surface area contributed by atoms with Crippen molar-refractivity contribution in [3.63, 3.8) is 0 Å². The number of benzene rings is 1. The van der Waals surface area contributed by atoms with Crippen molar-refractivity contribution in [2.45, 2.75) is 6.92 Å². The van der Waals surface area contributed by atoms with Crippen LogP contribution in [0.15, 0.2) is 18.2 Å². The van der Waals surface area contributed by atoms with Crippen molar-refractivity contribution in [2.24, 2.45) is 0 Å². The molecule has 4 heteroatoms. The second kappa shape index (κ2) is 3.23. The van der Waals surface area contributed by atoms with Gasteiger partial charge < -0.3 is 9.78 Å². The molecule has 0 radical (unpaired) electrons. The van der Waals surface area contributed by atoms with Crippen molar-refractivity contribution in [3.05, 3.63) is 23.8 Å². The third-order valence-electron chi connectivity index (χ3n) is 1.37. The van der Waals surface area contributed by atoms with E-state index in [0.717, 1.165) is 0 Å².